The van der Waals surface area contributed by atoms with Crippen molar-refractivity contribution in [3.05, 3.63) is 24.5 Å². The van der Waals surface area contributed by atoms with Gasteiger partial charge in [0.25, 0.3) is 0 Å². The normalized spacial score (nSPS) is 23.2. The SMILES string of the molecule is O=C(CC1CCCCC1)N1CC[C@H](Oc2ccncc2)C1. The minimum absolute atomic E-state index is 0.128. The third-order valence-corrected chi connectivity index (χ3v) is 4.64. The first kappa shape index (κ1) is 14.4. The maximum absolute atomic E-state index is 12.4. The van der Waals surface area contributed by atoms with E-state index < -0.39 is 0 Å². The molecule has 114 valence electrons. The molecule has 2 heterocycles. The average Bonchev–Trinajstić information content (AvgIpc) is 2.98. The molecule has 1 saturated carbocycles. The fraction of sp³-hybridized carbons (Fsp3) is 0.647. The summed E-state index contributed by atoms with van der Waals surface area (Å²) >= 11 is 0. The van der Waals surface area contributed by atoms with Gasteiger partial charge in [0.05, 0.1) is 6.54 Å². The van der Waals surface area contributed by atoms with E-state index in [9.17, 15) is 4.79 Å². The Kier molecular flexibility index (Phi) is 4.73. The van der Waals surface area contributed by atoms with E-state index in [0.717, 1.165) is 31.7 Å². The summed E-state index contributed by atoms with van der Waals surface area (Å²) in [6, 6.07) is 3.74. The quantitative estimate of drug-likeness (QED) is 0.855. The van der Waals surface area contributed by atoms with Crippen LogP contribution in [0.3, 0.4) is 0 Å². The molecule has 21 heavy (non-hydrogen) atoms. The zero-order valence-corrected chi connectivity index (χ0v) is 12.5. The summed E-state index contributed by atoms with van der Waals surface area (Å²) in [5.41, 5.74) is 0. The number of rotatable bonds is 4. The van der Waals surface area contributed by atoms with Gasteiger partial charge in [-0.3, -0.25) is 9.78 Å². The molecule has 4 nitrogen and oxygen atoms in total. The third-order valence-electron chi connectivity index (χ3n) is 4.64. The highest BCUT2D eigenvalue weighted by Crippen LogP contribution is 2.27. The van der Waals surface area contributed by atoms with Crippen molar-refractivity contribution < 1.29 is 9.53 Å². The summed E-state index contributed by atoms with van der Waals surface area (Å²) in [6.45, 7) is 1.56. The van der Waals surface area contributed by atoms with Crippen molar-refractivity contribution in [3.8, 4) is 5.75 Å². The average molecular weight is 288 g/mol. The highest BCUT2D eigenvalue weighted by atomic mass is 16.5. The van der Waals surface area contributed by atoms with Gasteiger partial charge in [0.15, 0.2) is 0 Å². The van der Waals surface area contributed by atoms with Crippen molar-refractivity contribution in [1.29, 1.82) is 0 Å². The van der Waals surface area contributed by atoms with Crippen LogP contribution in [0.5, 0.6) is 5.75 Å². The zero-order chi connectivity index (χ0) is 14.5. The first-order valence-corrected chi connectivity index (χ1v) is 8.16. The van der Waals surface area contributed by atoms with Crippen LogP contribution < -0.4 is 4.74 Å². The molecule has 1 aromatic rings. The Hall–Kier alpha value is -1.58. The van der Waals surface area contributed by atoms with Crippen molar-refractivity contribution >= 4 is 5.91 Å². The van der Waals surface area contributed by atoms with Crippen LogP contribution in [0, 0.1) is 5.92 Å². The molecule has 1 aromatic heterocycles. The van der Waals surface area contributed by atoms with Crippen LogP contribution in [-0.2, 0) is 4.79 Å². The van der Waals surface area contributed by atoms with Gasteiger partial charge in [-0.05, 0) is 30.9 Å². The number of ether oxygens (including phenoxy) is 1. The fourth-order valence-electron chi connectivity index (χ4n) is 3.43. The Morgan fingerprint density at radius 3 is 2.71 bits per heavy atom. The van der Waals surface area contributed by atoms with E-state index in [-0.39, 0.29) is 6.10 Å². The maximum Gasteiger partial charge on any atom is 0.222 e. The minimum Gasteiger partial charge on any atom is -0.488 e. The summed E-state index contributed by atoms with van der Waals surface area (Å²) in [6.07, 6.45) is 11.7. The van der Waals surface area contributed by atoms with Gasteiger partial charge in [-0.1, -0.05) is 19.3 Å². The van der Waals surface area contributed by atoms with Crippen LogP contribution in [0.1, 0.15) is 44.9 Å². The van der Waals surface area contributed by atoms with Crippen LogP contribution in [0.2, 0.25) is 0 Å². The second-order valence-corrected chi connectivity index (χ2v) is 6.26. The highest BCUT2D eigenvalue weighted by Gasteiger charge is 2.29. The predicted molar refractivity (Wildman–Crippen MR) is 81.0 cm³/mol. The summed E-state index contributed by atoms with van der Waals surface area (Å²) in [7, 11) is 0. The highest BCUT2D eigenvalue weighted by molar-refractivity contribution is 5.76. The molecule has 0 aromatic carbocycles. The monoisotopic (exact) mass is 288 g/mol. The molecule has 0 bridgehead atoms. The number of hydrogen-bond donors (Lipinski definition) is 0. The third kappa shape index (κ3) is 3.96. The number of aromatic nitrogens is 1. The van der Waals surface area contributed by atoms with Crippen LogP contribution in [0.15, 0.2) is 24.5 Å². The Morgan fingerprint density at radius 2 is 1.95 bits per heavy atom. The molecule has 3 rings (SSSR count). The fourth-order valence-corrected chi connectivity index (χ4v) is 3.43. The molecule has 0 N–H and O–H groups in total. The van der Waals surface area contributed by atoms with Crippen molar-refractivity contribution in [1.82, 2.24) is 9.88 Å². The Balaban J connectivity index is 1.46. The zero-order valence-electron chi connectivity index (χ0n) is 12.5. The summed E-state index contributed by atoms with van der Waals surface area (Å²) in [5.74, 6) is 1.78. The van der Waals surface area contributed by atoms with Crippen LogP contribution in [0.25, 0.3) is 0 Å². The molecule has 1 atom stereocenters. The molecule has 1 aliphatic heterocycles. The van der Waals surface area contributed by atoms with Gasteiger partial charge in [0.1, 0.15) is 11.9 Å². The smallest absolute Gasteiger partial charge is 0.222 e. The van der Waals surface area contributed by atoms with E-state index in [1.54, 1.807) is 12.4 Å². The first-order chi connectivity index (χ1) is 10.3. The van der Waals surface area contributed by atoms with Crippen LogP contribution in [0.4, 0.5) is 0 Å². The Morgan fingerprint density at radius 1 is 1.19 bits per heavy atom. The Bertz CT molecular complexity index is 457. The van der Waals surface area contributed by atoms with Crippen LogP contribution in [-0.4, -0.2) is 35.0 Å². The molecule has 1 aliphatic carbocycles. The molecule has 1 amide bonds. The van der Waals surface area contributed by atoms with E-state index in [4.69, 9.17) is 4.74 Å². The lowest BCUT2D eigenvalue weighted by atomic mass is 9.87. The molecule has 0 unspecified atom stereocenters. The lowest BCUT2D eigenvalue weighted by Gasteiger charge is -2.24. The van der Waals surface area contributed by atoms with Gasteiger partial charge >= 0.3 is 0 Å². The lowest BCUT2D eigenvalue weighted by molar-refractivity contribution is -0.131. The first-order valence-electron chi connectivity index (χ1n) is 8.16. The molecular weight excluding hydrogens is 264 g/mol. The molecule has 2 aliphatic rings. The van der Waals surface area contributed by atoms with Gasteiger partial charge in [-0.25, -0.2) is 0 Å². The van der Waals surface area contributed by atoms with E-state index in [2.05, 4.69) is 4.98 Å². The maximum atomic E-state index is 12.4. The number of amides is 1. The summed E-state index contributed by atoms with van der Waals surface area (Å²) in [5, 5.41) is 0. The largest absolute Gasteiger partial charge is 0.488 e. The van der Waals surface area contributed by atoms with Gasteiger partial charge in [0, 0.05) is 31.8 Å². The minimum atomic E-state index is 0.128. The van der Waals surface area contributed by atoms with E-state index in [0.29, 0.717) is 11.8 Å². The molecule has 0 spiro atoms. The van der Waals surface area contributed by atoms with Crippen molar-refractivity contribution in [2.75, 3.05) is 13.1 Å². The van der Waals surface area contributed by atoms with Gasteiger partial charge in [-0.2, -0.15) is 0 Å². The molecule has 2 fully saturated rings. The summed E-state index contributed by atoms with van der Waals surface area (Å²) < 4.78 is 5.91. The second-order valence-electron chi connectivity index (χ2n) is 6.26. The van der Waals surface area contributed by atoms with E-state index in [1.807, 2.05) is 17.0 Å². The molecule has 4 heteroatoms. The van der Waals surface area contributed by atoms with Crippen molar-refractivity contribution in [3.63, 3.8) is 0 Å². The number of nitrogens with zero attached hydrogens (tertiary/aromatic N) is 2. The van der Waals surface area contributed by atoms with E-state index in [1.165, 1.54) is 32.1 Å². The van der Waals surface area contributed by atoms with Gasteiger partial charge in [0.2, 0.25) is 5.91 Å². The number of carbonyl (C=O) groups is 1. The lowest BCUT2D eigenvalue weighted by Crippen LogP contribution is -2.32. The predicted octanol–water partition coefficient (Wildman–Crippen LogP) is 3.03. The number of likely N-dealkylation sites (tertiary alicyclic amines) is 1. The molecular formula is C17H24N2O2. The van der Waals surface area contributed by atoms with E-state index >= 15 is 0 Å². The number of carbonyl (C=O) groups excluding carboxylic acids is 1. The molecule has 0 radical (unpaired) electrons. The van der Waals surface area contributed by atoms with Crippen molar-refractivity contribution in [2.24, 2.45) is 5.92 Å². The van der Waals surface area contributed by atoms with Crippen LogP contribution >= 0.6 is 0 Å². The molecule has 1 saturated heterocycles. The number of hydrogen-bond acceptors (Lipinski definition) is 3. The second kappa shape index (κ2) is 6.92. The standard InChI is InChI=1S/C17H24N2O2/c20-17(12-14-4-2-1-3-5-14)19-11-8-16(13-19)21-15-6-9-18-10-7-15/h6-7,9-10,14,16H,1-5,8,11-13H2/t16-/m0/s1. The van der Waals surface area contributed by atoms with Gasteiger partial charge in [-0.15, -0.1) is 0 Å². The number of pyridine rings is 1. The topological polar surface area (TPSA) is 42.4 Å². The Labute approximate surface area is 126 Å². The van der Waals surface area contributed by atoms with Crippen molar-refractivity contribution in [2.45, 2.75) is 51.0 Å². The van der Waals surface area contributed by atoms with Gasteiger partial charge < -0.3 is 9.64 Å². The summed E-state index contributed by atoms with van der Waals surface area (Å²) in [4.78, 5) is 18.3.